The number of aromatic amines is 1. The third-order valence-corrected chi connectivity index (χ3v) is 5.40. The predicted molar refractivity (Wildman–Crippen MR) is 120 cm³/mol. The molecule has 4 aromatic rings. The highest BCUT2D eigenvalue weighted by molar-refractivity contribution is 7.07. The van der Waals surface area contributed by atoms with Crippen LogP contribution in [0, 0.1) is 0 Å². The molecular formula is C23H22N4O2S. The van der Waals surface area contributed by atoms with E-state index in [1.807, 2.05) is 64.8 Å². The molecule has 0 atom stereocenters. The molecule has 30 heavy (non-hydrogen) atoms. The Kier molecular flexibility index (Phi) is 6.10. The van der Waals surface area contributed by atoms with Gasteiger partial charge in [0.2, 0.25) is 4.80 Å². The molecule has 0 amide bonds. The number of nitrogens with zero attached hydrogens (tertiary/aromatic N) is 3. The Labute approximate surface area is 178 Å². The van der Waals surface area contributed by atoms with Crippen LogP contribution in [-0.4, -0.2) is 30.1 Å². The van der Waals surface area contributed by atoms with Crippen molar-refractivity contribution in [3.8, 4) is 22.8 Å². The average Bonchev–Trinajstić information content (AvgIpc) is 3.46. The van der Waals surface area contributed by atoms with E-state index in [1.165, 1.54) is 11.3 Å². The molecule has 4 rings (SSSR count). The van der Waals surface area contributed by atoms with Gasteiger partial charge in [-0.1, -0.05) is 30.3 Å². The Morgan fingerprint density at radius 3 is 2.63 bits per heavy atom. The van der Waals surface area contributed by atoms with Crippen molar-refractivity contribution in [2.45, 2.75) is 6.54 Å². The van der Waals surface area contributed by atoms with Crippen molar-refractivity contribution in [3.63, 3.8) is 0 Å². The fourth-order valence-corrected chi connectivity index (χ4v) is 3.83. The number of ether oxygens (including phenoxy) is 2. The summed E-state index contributed by atoms with van der Waals surface area (Å²) in [5, 5.41) is 6.74. The van der Waals surface area contributed by atoms with Crippen LogP contribution in [-0.2, 0) is 6.54 Å². The lowest BCUT2D eigenvalue weighted by Gasteiger charge is -2.11. The molecule has 6 nitrogen and oxygen atoms in total. The zero-order valence-electron chi connectivity index (χ0n) is 16.8. The molecule has 0 spiro atoms. The zero-order valence-corrected chi connectivity index (χ0v) is 17.6. The maximum absolute atomic E-state index is 5.59. The van der Waals surface area contributed by atoms with Crippen LogP contribution < -0.4 is 14.3 Å². The monoisotopic (exact) mass is 418 g/mol. The van der Waals surface area contributed by atoms with Crippen molar-refractivity contribution < 1.29 is 9.47 Å². The summed E-state index contributed by atoms with van der Waals surface area (Å²) in [6.07, 6.45) is 3.65. The molecule has 0 aliphatic rings. The topological polar surface area (TPSA) is 63.9 Å². The molecule has 0 unspecified atom stereocenters. The minimum Gasteiger partial charge on any atom is -0.497 e. The first-order valence-corrected chi connectivity index (χ1v) is 10.3. The number of hydrogen-bond acceptors (Lipinski definition) is 5. The predicted octanol–water partition coefficient (Wildman–Crippen LogP) is 4.55. The Morgan fingerprint density at radius 1 is 1.03 bits per heavy atom. The molecule has 0 saturated carbocycles. The van der Waals surface area contributed by atoms with Gasteiger partial charge in [-0.2, -0.15) is 5.10 Å². The number of methoxy groups -OCH3 is 2. The second-order valence-electron chi connectivity index (χ2n) is 6.45. The molecular weight excluding hydrogens is 396 g/mol. The van der Waals surface area contributed by atoms with Gasteiger partial charge in [-0.15, -0.1) is 11.3 Å². The molecule has 2 aromatic heterocycles. The quantitative estimate of drug-likeness (QED) is 0.448. The molecule has 0 radical (unpaired) electrons. The molecule has 0 aliphatic heterocycles. The molecule has 2 aromatic carbocycles. The van der Waals surface area contributed by atoms with E-state index in [9.17, 15) is 0 Å². The van der Waals surface area contributed by atoms with E-state index in [4.69, 9.17) is 19.6 Å². The number of nitrogens with one attached hydrogen (secondary N) is 1. The van der Waals surface area contributed by atoms with E-state index >= 15 is 0 Å². The lowest BCUT2D eigenvalue weighted by molar-refractivity contribution is 0.404. The summed E-state index contributed by atoms with van der Waals surface area (Å²) in [6.45, 7) is 0.577. The van der Waals surface area contributed by atoms with Crippen LogP contribution >= 0.6 is 11.3 Å². The van der Waals surface area contributed by atoms with E-state index < -0.39 is 0 Å². The van der Waals surface area contributed by atoms with Gasteiger partial charge in [0, 0.05) is 17.1 Å². The third-order valence-electron chi connectivity index (χ3n) is 4.54. The Balaban J connectivity index is 1.82. The van der Waals surface area contributed by atoms with Crippen molar-refractivity contribution in [2.75, 3.05) is 14.2 Å². The van der Waals surface area contributed by atoms with Gasteiger partial charge >= 0.3 is 0 Å². The number of hydrogen-bond donors (Lipinski definition) is 1. The number of thiazole rings is 1. The molecule has 0 fully saturated rings. The van der Waals surface area contributed by atoms with Crippen LogP contribution in [0.2, 0.25) is 0 Å². The molecule has 2 heterocycles. The summed E-state index contributed by atoms with van der Waals surface area (Å²) in [6, 6.07) is 19.8. The van der Waals surface area contributed by atoms with E-state index in [-0.39, 0.29) is 0 Å². The van der Waals surface area contributed by atoms with Crippen molar-refractivity contribution >= 4 is 17.6 Å². The molecule has 7 heteroatoms. The number of aromatic nitrogens is 2. The zero-order chi connectivity index (χ0) is 20.8. The van der Waals surface area contributed by atoms with Gasteiger partial charge < -0.3 is 14.5 Å². The Morgan fingerprint density at radius 2 is 1.90 bits per heavy atom. The first kappa shape index (κ1) is 19.7. The maximum atomic E-state index is 5.59. The molecule has 152 valence electrons. The summed E-state index contributed by atoms with van der Waals surface area (Å²) in [4.78, 5) is 8.74. The van der Waals surface area contributed by atoms with Crippen LogP contribution in [0.15, 0.2) is 82.3 Å². The minimum atomic E-state index is 0.577. The second kappa shape index (κ2) is 9.28. The average molecular weight is 419 g/mol. The lowest BCUT2D eigenvalue weighted by atomic mass is 10.1. The highest BCUT2D eigenvalue weighted by Gasteiger charge is 2.14. The molecule has 0 saturated heterocycles. The van der Waals surface area contributed by atoms with E-state index in [0.717, 1.165) is 38.8 Å². The molecule has 0 bridgehead atoms. The first-order valence-electron chi connectivity index (χ1n) is 9.43. The largest absolute Gasteiger partial charge is 0.497 e. The van der Waals surface area contributed by atoms with Gasteiger partial charge in [0.05, 0.1) is 38.4 Å². The smallest absolute Gasteiger partial charge is 0.206 e. The van der Waals surface area contributed by atoms with E-state index in [2.05, 4.69) is 17.1 Å². The van der Waals surface area contributed by atoms with Crippen molar-refractivity contribution in [3.05, 3.63) is 88.3 Å². The highest BCUT2D eigenvalue weighted by atomic mass is 32.1. The molecule has 0 aliphatic carbocycles. The first-order chi connectivity index (χ1) is 14.8. The Bertz CT molecular complexity index is 1190. The maximum Gasteiger partial charge on any atom is 0.206 e. The van der Waals surface area contributed by atoms with Crippen LogP contribution in [0.4, 0.5) is 0 Å². The van der Waals surface area contributed by atoms with Crippen LogP contribution in [0.1, 0.15) is 11.3 Å². The summed E-state index contributed by atoms with van der Waals surface area (Å²) in [5.74, 6) is 1.49. The summed E-state index contributed by atoms with van der Waals surface area (Å²) in [7, 11) is 3.31. The van der Waals surface area contributed by atoms with Gasteiger partial charge in [0.25, 0.3) is 0 Å². The van der Waals surface area contributed by atoms with E-state index in [1.54, 1.807) is 20.4 Å². The van der Waals surface area contributed by atoms with Gasteiger partial charge in [-0.25, -0.2) is 4.68 Å². The fraction of sp³-hybridized carbons (Fsp3) is 0.130. The Hall–Kier alpha value is -3.58. The van der Waals surface area contributed by atoms with Gasteiger partial charge in [0.1, 0.15) is 11.5 Å². The summed E-state index contributed by atoms with van der Waals surface area (Å²) in [5.41, 5.74) is 3.82. The highest BCUT2D eigenvalue weighted by Crippen LogP contribution is 2.33. The summed E-state index contributed by atoms with van der Waals surface area (Å²) >= 11 is 1.54. The lowest BCUT2D eigenvalue weighted by Crippen LogP contribution is -2.12. The van der Waals surface area contributed by atoms with Gasteiger partial charge in [-0.3, -0.25) is 4.99 Å². The minimum absolute atomic E-state index is 0.577. The van der Waals surface area contributed by atoms with Crippen LogP contribution in [0.25, 0.3) is 11.3 Å². The van der Waals surface area contributed by atoms with Crippen LogP contribution in [0.3, 0.4) is 0 Å². The number of benzene rings is 2. The second-order valence-corrected chi connectivity index (χ2v) is 7.29. The van der Waals surface area contributed by atoms with Crippen molar-refractivity contribution in [1.29, 1.82) is 0 Å². The van der Waals surface area contributed by atoms with Gasteiger partial charge in [0.15, 0.2) is 0 Å². The molecule has 1 N–H and O–H groups in total. The van der Waals surface area contributed by atoms with Crippen molar-refractivity contribution in [1.82, 2.24) is 9.66 Å². The third kappa shape index (κ3) is 4.36. The SMILES string of the molecule is COc1ccc(OC)c(-c2csc(=NCc3ccccc3)n2N=Cc2ccc[nH]2)c1. The van der Waals surface area contributed by atoms with Crippen molar-refractivity contribution in [2.24, 2.45) is 10.1 Å². The fourth-order valence-electron chi connectivity index (χ4n) is 3.01. The normalized spacial score (nSPS) is 11.9. The number of rotatable bonds is 7. The van der Waals surface area contributed by atoms with Crippen LogP contribution in [0.5, 0.6) is 11.5 Å². The standard InChI is InChI=1S/C23H22N4O2S/c1-28-19-10-11-22(29-2)20(13-19)21-16-30-23(25-14-17-7-4-3-5-8-17)27(21)26-15-18-9-6-12-24-18/h3-13,15-16,24H,14H2,1-2H3. The van der Waals surface area contributed by atoms with E-state index in [0.29, 0.717) is 6.54 Å². The van der Waals surface area contributed by atoms with Gasteiger partial charge in [-0.05, 0) is 35.9 Å². The number of H-pyrrole nitrogens is 1. The summed E-state index contributed by atoms with van der Waals surface area (Å²) < 4.78 is 12.8.